The van der Waals surface area contributed by atoms with Crippen molar-refractivity contribution in [1.29, 1.82) is 0 Å². The van der Waals surface area contributed by atoms with E-state index in [4.69, 9.17) is 4.42 Å². The number of nitrogens with zero attached hydrogens (tertiary/aromatic N) is 2. The summed E-state index contributed by atoms with van der Waals surface area (Å²) in [6.07, 6.45) is 1.50. The number of furan rings is 1. The molecule has 0 amide bonds. The van der Waals surface area contributed by atoms with Gasteiger partial charge in [-0.3, -0.25) is 9.36 Å². The summed E-state index contributed by atoms with van der Waals surface area (Å²) in [5, 5.41) is 0.984. The van der Waals surface area contributed by atoms with E-state index in [1.165, 1.54) is 21.4 Å². The zero-order valence-electron chi connectivity index (χ0n) is 13.7. The Morgan fingerprint density at radius 2 is 1.72 bits per heavy atom. The van der Waals surface area contributed by atoms with Gasteiger partial charge in [-0.05, 0) is 31.2 Å². The largest absolute Gasteiger partial charge is 0.459 e. The molecule has 0 unspecified atom stereocenters. The first kappa shape index (κ1) is 15.2. The average molecular weight is 332 g/mol. The molecule has 2 aromatic heterocycles. The molecule has 0 atom stereocenters. The van der Waals surface area contributed by atoms with Gasteiger partial charge >= 0.3 is 5.69 Å². The zero-order chi connectivity index (χ0) is 17.4. The Kier molecular flexibility index (Phi) is 3.61. The molecule has 0 saturated heterocycles. The number of hydrogen-bond donors (Lipinski definition) is 0. The molecule has 5 nitrogen and oxygen atoms in total. The maximum atomic E-state index is 12.8. The number of benzene rings is 2. The van der Waals surface area contributed by atoms with Crippen LogP contribution in [0.4, 0.5) is 0 Å². The topological polar surface area (TPSA) is 57.1 Å². The van der Waals surface area contributed by atoms with E-state index < -0.39 is 5.69 Å². The highest BCUT2D eigenvalue weighted by atomic mass is 16.3. The van der Waals surface area contributed by atoms with E-state index in [9.17, 15) is 9.59 Å². The smallest absolute Gasteiger partial charge is 0.336 e. The molecular formula is C20H16N2O3. The van der Waals surface area contributed by atoms with E-state index in [2.05, 4.69) is 0 Å². The number of para-hydroxylation sites is 1. The second-order valence-electron chi connectivity index (χ2n) is 5.99. The molecule has 4 rings (SSSR count). The van der Waals surface area contributed by atoms with Crippen molar-refractivity contribution in [3.8, 4) is 5.69 Å². The summed E-state index contributed by atoms with van der Waals surface area (Å²) < 4.78 is 8.41. The van der Waals surface area contributed by atoms with Crippen molar-refractivity contribution < 1.29 is 4.42 Å². The Bertz CT molecular complexity index is 1130. The molecular weight excluding hydrogens is 316 g/mol. The molecule has 124 valence electrons. The van der Waals surface area contributed by atoms with Crippen LogP contribution in [0.25, 0.3) is 16.7 Å². The summed E-state index contributed by atoms with van der Waals surface area (Å²) in [4.78, 5) is 25.0. The van der Waals surface area contributed by atoms with E-state index in [0.717, 1.165) is 16.5 Å². The lowest BCUT2D eigenvalue weighted by Gasteiger charge is -2.09. The molecule has 2 heterocycles. The Balaban J connectivity index is 1.78. The van der Waals surface area contributed by atoms with Crippen LogP contribution in [0.2, 0.25) is 0 Å². The molecule has 0 aliphatic rings. The minimum atomic E-state index is -0.392. The van der Waals surface area contributed by atoms with Gasteiger partial charge in [-0.25, -0.2) is 9.36 Å². The van der Waals surface area contributed by atoms with Gasteiger partial charge in [-0.1, -0.05) is 35.9 Å². The standard InChI is InChI=1S/C20H16N2O3/c1-14-6-8-16(9-7-14)22-19(23)10-11-21(20(22)24)13-17-12-15-4-2-3-5-18(15)25-17/h2-12H,13H2,1H3. The summed E-state index contributed by atoms with van der Waals surface area (Å²) in [6.45, 7) is 2.22. The van der Waals surface area contributed by atoms with E-state index >= 15 is 0 Å². The second kappa shape index (κ2) is 5.94. The monoisotopic (exact) mass is 332 g/mol. The molecule has 4 aromatic rings. The Morgan fingerprint density at radius 1 is 0.960 bits per heavy atom. The van der Waals surface area contributed by atoms with Gasteiger partial charge < -0.3 is 4.42 Å². The molecule has 0 radical (unpaired) electrons. The number of aryl methyl sites for hydroxylation is 1. The third-order valence-electron chi connectivity index (χ3n) is 4.15. The van der Waals surface area contributed by atoms with Crippen LogP contribution in [0, 0.1) is 6.92 Å². The molecule has 25 heavy (non-hydrogen) atoms. The first-order chi connectivity index (χ1) is 12.1. The summed E-state index contributed by atoms with van der Waals surface area (Å²) in [6, 6.07) is 18.3. The maximum absolute atomic E-state index is 12.8. The van der Waals surface area contributed by atoms with Gasteiger partial charge in [0.1, 0.15) is 11.3 Å². The molecule has 0 bridgehead atoms. The first-order valence-electron chi connectivity index (χ1n) is 7.99. The van der Waals surface area contributed by atoms with Crippen molar-refractivity contribution in [3.63, 3.8) is 0 Å². The average Bonchev–Trinajstić information content (AvgIpc) is 3.02. The highest BCUT2D eigenvalue weighted by Crippen LogP contribution is 2.19. The van der Waals surface area contributed by atoms with Gasteiger partial charge in [0.25, 0.3) is 5.56 Å². The minimum absolute atomic E-state index is 0.264. The van der Waals surface area contributed by atoms with Gasteiger partial charge in [-0.2, -0.15) is 0 Å². The lowest BCUT2D eigenvalue weighted by Crippen LogP contribution is -2.37. The van der Waals surface area contributed by atoms with E-state index in [-0.39, 0.29) is 12.1 Å². The maximum Gasteiger partial charge on any atom is 0.336 e. The van der Waals surface area contributed by atoms with Crippen LogP contribution in [0.1, 0.15) is 11.3 Å². The van der Waals surface area contributed by atoms with Gasteiger partial charge in [0.15, 0.2) is 0 Å². The second-order valence-corrected chi connectivity index (χ2v) is 5.99. The molecule has 0 spiro atoms. The Morgan fingerprint density at radius 3 is 2.48 bits per heavy atom. The van der Waals surface area contributed by atoms with Crippen molar-refractivity contribution in [3.05, 3.63) is 99.0 Å². The molecule has 0 aliphatic carbocycles. The molecule has 0 saturated carbocycles. The summed E-state index contributed by atoms with van der Waals surface area (Å²) in [5.41, 5.74) is 1.65. The number of fused-ring (bicyclic) bond motifs is 1. The number of rotatable bonds is 3. The fourth-order valence-electron chi connectivity index (χ4n) is 2.85. The number of aromatic nitrogens is 2. The van der Waals surface area contributed by atoms with Crippen molar-refractivity contribution in [1.82, 2.24) is 9.13 Å². The zero-order valence-corrected chi connectivity index (χ0v) is 13.7. The molecule has 0 N–H and O–H groups in total. The van der Waals surface area contributed by atoms with Crippen LogP contribution in [-0.2, 0) is 6.54 Å². The summed E-state index contributed by atoms with van der Waals surface area (Å²) in [5.74, 6) is 0.664. The minimum Gasteiger partial charge on any atom is -0.459 e. The van der Waals surface area contributed by atoms with Gasteiger partial charge in [-0.15, -0.1) is 0 Å². The van der Waals surface area contributed by atoms with E-state index in [0.29, 0.717) is 11.4 Å². The Labute approximate surface area is 143 Å². The van der Waals surface area contributed by atoms with Crippen LogP contribution in [-0.4, -0.2) is 9.13 Å². The van der Waals surface area contributed by atoms with Crippen molar-refractivity contribution >= 4 is 11.0 Å². The lowest BCUT2D eigenvalue weighted by atomic mass is 10.2. The molecule has 0 fully saturated rings. The third-order valence-corrected chi connectivity index (χ3v) is 4.15. The first-order valence-corrected chi connectivity index (χ1v) is 7.99. The van der Waals surface area contributed by atoms with Crippen LogP contribution >= 0.6 is 0 Å². The lowest BCUT2D eigenvalue weighted by molar-refractivity contribution is 0.515. The quantitative estimate of drug-likeness (QED) is 0.579. The third kappa shape index (κ3) is 2.80. The number of hydrogen-bond acceptors (Lipinski definition) is 3. The van der Waals surface area contributed by atoms with E-state index in [1.54, 1.807) is 12.1 Å². The van der Waals surface area contributed by atoms with Crippen molar-refractivity contribution in [2.75, 3.05) is 0 Å². The van der Waals surface area contributed by atoms with Crippen LogP contribution in [0.15, 0.2) is 80.9 Å². The highest BCUT2D eigenvalue weighted by Gasteiger charge is 2.10. The van der Waals surface area contributed by atoms with Crippen LogP contribution < -0.4 is 11.2 Å². The highest BCUT2D eigenvalue weighted by molar-refractivity contribution is 5.77. The van der Waals surface area contributed by atoms with Crippen molar-refractivity contribution in [2.45, 2.75) is 13.5 Å². The Hall–Kier alpha value is -3.34. The molecule has 5 heteroatoms. The fraction of sp³-hybridized carbons (Fsp3) is 0.100. The van der Waals surface area contributed by atoms with Crippen LogP contribution in [0.3, 0.4) is 0 Å². The van der Waals surface area contributed by atoms with Gasteiger partial charge in [0.05, 0.1) is 12.2 Å². The molecule has 2 aromatic carbocycles. The summed E-state index contributed by atoms with van der Waals surface area (Å²) >= 11 is 0. The van der Waals surface area contributed by atoms with Crippen LogP contribution in [0.5, 0.6) is 0 Å². The SMILES string of the molecule is Cc1ccc(-n2c(=O)ccn(Cc3cc4ccccc4o3)c2=O)cc1. The normalized spacial score (nSPS) is 11.1. The predicted molar refractivity (Wildman–Crippen MR) is 96.4 cm³/mol. The summed E-state index contributed by atoms with van der Waals surface area (Å²) in [7, 11) is 0. The fourth-order valence-corrected chi connectivity index (χ4v) is 2.85. The molecule has 0 aliphatic heterocycles. The predicted octanol–water partition coefficient (Wildman–Crippen LogP) is 3.10. The van der Waals surface area contributed by atoms with Gasteiger partial charge in [0.2, 0.25) is 0 Å². The van der Waals surface area contributed by atoms with Gasteiger partial charge in [0, 0.05) is 17.6 Å². The van der Waals surface area contributed by atoms with Crippen molar-refractivity contribution in [2.24, 2.45) is 0 Å². The van der Waals surface area contributed by atoms with E-state index in [1.807, 2.05) is 49.4 Å².